The van der Waals surface area contributed by atoms with E-state index in [-0.39, 0.29) is 11.8 Å². The highest BCUT2D eigenvalue weighted by atomic mass is 16.5. The number of hydrogen-bond donors (Lipinski definition) is 1. The van der Waals surface area contributed by atoms with Crippen LogP contribution in [0.25, 0.3) is 0 Å². The molecule has 19 heavy (non-hydrogen) atoms. The third-order valence-corrected chi connectivity index (χ3v) is 3.57. The minimum Gasteiger partial charge on any atom is -0.378 e. The zero-order chi connectivity index (χ0) is 13.7. The smallest absolute Gasteiger partial charge is 0.227 e. The van der Waals surface area contributed by atoms with Crippen molar-refractivity contribution in [2.75, 3.05) is 36.5 Å². The summed E-state index contributed by atoms with van der Waals surface area (Å²) in [6, 6.07) is 8.03. The average molecular weight is 262 g/mol. The molecule has 0 spiro atoms. The zero-order valence-corrected chi connectivity index (χ0v) is 11.7. The SMILES string of the molecule is CCC(C)C(=O)Nc1ccc(N2CCOCC2)cc1. The second kappa shape index (κ2) is 6.57. The first-order valence-corrected chi connectivity index (χ1v) is 6.94. The maximum atomic E-state index is 11.8. The van der Waals surface area contributed by atoms with Crippen LogP contribution < -0.4 is 10.2 Å². The molecule has 0 aromatic heterocycles. The summed E-state index contributed by atoms with van der Waals surface area (Å²) < 4.78 is 5.34. The number of anilines is 2. The van der Waals surface area contributed by atoms with E-state index in [2.05, 4.69) is 22.3 Å². The van der Waals surface area contributed by atoms with Gasteiger partial charge in [-0.1, -0.05) is 13.8 Å². The number of nitrogens with one attached hydrogen (secondary N) is 1. The average Bonchev–Trinajstić information content (AvgIpc) is 2.48. The molecule has 1 aliphatic rings. The second-order valence-electron chi connectivity index (χ2n) is 4.94. The topological polar surface area (TPSA) is 41.6 Å². The van der Waals surface area contributed by atoms with Crippen molar-refractivity contribution >= 4 is 17.3 Å². The molecule has 2 rings (SSSR count). The first-order chi connectivity index (χ1) is 9.20. The lowest BCUT2D eigenvalue weighted by Crippen LogP contribution is -2.36. The quantitative estimate of drug-likeness (QED) is 0.906. The Bertz CT molecular complexity index is 411. The van der Waals surface area contributed by atoms with Crippen LogP contribution in [0, 0.1) is 5.92 Å². The lowest BCUT2D eigenvalue weighted by atomic mass is 10.1. The molecule has 1 atom stereocenters. The van der Waals surface area contributed by atoms with Gasteiger partial charge in [0, 0.05) is 30.4 Å². The van der Waals surface area contributed by atoms with E-state index < -0.39 is 0 Å². The van der Waals surface area contributed by atoms with Crippen LogP contribution in [0.3, 0.4) is 0 Å². The molecule has 1 saturated heterocycles. The van der Waals surface area contributed by atoms with Gasteiger partial charge in [0.2, 0.25) is 5.91 Å². The molecule has 0 radical (unpaired) electrons. The molecule has 1 fully saturated rings. The Morgan fingerprint density at radius 2 is 1.95 bits per heavy atom. The number of benzene rings is 1. The second-order valence-corrected chi connectivity index (χ2v) is 4.94. The van der Waals surface area contributed by atoms with Crippen LogP contribution in [0.1, 0.15) is 20.3 Å². The maximum absolute atomic E-state index is 11.8. The van der Waals surface area contributed by atoms with E-state index in [0.29, 0.717) is 0 Å². The molecule has 104 valence electrons. The summed E-state index contributed by atoms with van der Waals surface area (Å²) in [5, 5.41) is 2.94. The molecule has 0 aliphatic carbocycles. The van der Waals surface area contributed by atoms with Crippen molar-refractivity contribution < 1.29 is 9.53 Å². The van der Waals surface area contributed by atoms with Crippen LogP contribution in [0.4, 0.5) is 11.4 Å². The molecule has 4 nitrogen and oxygen atoms in total. The van der Waals surface area contributed by atoms with Gasteiger partial charge in [0.25, 0.3) is 0 Å². The lowest BCUT2D eigenvalue weighted by Gasteiger charge is -2.28. The summed E-state index contributed by atoms with van der Waals surface area (Å²) in [4.78, 5) is 14.1. The monoisotopic (exact) mass is 262 g/mol. The van der Waals surface area contributed by atoms with Crippen LogP contribution in [0.2, 0.25) is 0 Å². The first kappa shape index (κ1) is 13.9. The molecule has 1 aliphatic heterocycles. The van der Waals surface area contributed by atoms with Crippen molar-refractivity contribution in [2.45, 2.75) is 20.3 Å². The zero-order valence-electron chi connectivity index (χ0n) is 11.7. The molecule has 1 amide bonds. The van der Waals surface area contributed by atoms with Gasteiger partial charge in [-0.2, -0.15) is 0 Å². The van der Waals surface area contributed by atoms with Crippen LogP contribution in [0.5, 0.6) is 0 Å². The molecular formula is C15H22N2O2. The summed E-state index contributed by atoms with van der Waals surface area (Å²) in [7, 11) is 0. The van der Waals surface area contributed by atoms with Crippen molar-refractivity contribution in [1.29, 1.82) is 0 Å². The van der Waals surface area contributed by atoms with E-state index in [9.17, 15) is 4.79 Å². The maximum Gasteiger partial charge on any atom is 0.227 e. The van der Waals surface area contributed by atoms with Crippen LogP contribution in [-0.2, 0) is 9.53 Å². The minimum atomic E-state index is 0.0546. The van der Waals surface area contributed by atoms with Gasteiger partial charge in [0.1, 0.15) is 0 Å². The molecule has 1 aromatic carbocycles. The summed E-state index contributed by atoms with van der Waals surface area (Å²) in [5.74, 6) is 0.139. The van der Waals surface area contributed by atoms with Gasteiger partial charge in [0.15, 0.2) is 0 Å². The number of hydrogen-bond acceptors (Lipinski definition) is 3. The number of carbonyl (C=O) groups is 1. The van der Waals surface area contributed by atoms with E-state index in [1.165, 1.54) is 5.69 Å². The standard InChI is InChI=1S/C15H22N2O2/c1-3-12(2)15(18)16-13-4-6-14(7-5-13)17-8-10-19-11-9-17/h4-7,12H,3,8-11H2,1-2H3,(H,16,18). The molecule has 0 saturated carbocycles. The van der Waals surface area contributed by atoms with Crippen molar-refractivity contribution in [2.24, 2.45) is 5.92 Å². The lowest BCUT2D eigenvalue weighted by molar-refractivity contribution is -0.119. The van der Waals surface area contributed by atoms with Gasteiger partial charge < -0.3 is 15.0 Å². The number of morpholine rings is 1. The predicted octanol–water partition coefficient (Wildman–Crippen LogP) is 2.51. The predicted molar refractivity (Wildman–Crippen MR) is 77.6 cm³/mol. The molecule has 1 N–H and O–H groups in total. The fourth-order valence-corrected chi connectivity index (χ4v) is 2.03. The van der Waals surface area contributed by atoms with E-state index in [1.807, 2.05) is 26.0 Å². The fourth-order valence-electron chi connectivity index (χ4n) is 2.03. The number of carbonyl (C=O) groups excluding carboxylic acids is 1. The largest absolute Gasteiger partial charge is 0.378 e. The number of nitrogens with zero attached hydrogens (tertiary/aromatic N) is 1. The number of amides is 1. The van der Waals surface area contributed by atoms with Gasteiger partial charge in [-0.15, -0.1) is 0 Å². The highest BCUT2D eigenvalue weighted by molar-refractivity contribution is 5.92. The third-order valence-electron chi connectivity index (χ3n) is 3.57. The number of ether oxygens (including phenoxy) is 1. The van der Waals surface area contributed by atoms with E-state index in [4.69, 9.17) is 4.74 Å². The molecule has 1 unspecified atom stereocenters. The third kappa shape index (κ3) is 3.70. The van der Waals surface area contributed by atoms with Crippen LogP contribution >= 0.6 is 0 Å². The summed E-state index contributed by atoms with van der Waals surface area (Å²) in [5.41, 5.74) is 2.05. The molecule has 1 heterocycles. The number of rotatable bonds is 4. The first-order valence-electron chi connectivity index (χ1n) is 6.94. The van der Waals surface area contributed by atoms with Gasteiger partial charge in [0.05, 0.1) is 13.2 Å². The Labute approximate surface area is 114 Å². The molecule has 0 bridgehead atoms. The van der Waals surface area contributed by atoms with E-state index in [0.717, 1.165) is 38.4 Å². The highest BCUT2D eigenvalue weighted by Crippen LogP contribution is 2.19. The highest BCUT2D eigenvalue weighted by Gasteiger charge is 2.12. The van der Waals surface area contributed by atoms with Crippen LogP contribution in [-0.4, -0.2) is 32.2 Å². The van der Waals surface area contributed by atoms with E-state index >= 15 is 0 Å². The Balaban J connectivity index is 1.96. The van der Waals surface area contributed by atoms with Crippen molar-refractivity contribution in [1.82, 2.24) is 0 Å². The van der Waals surface area contributed by atoms with Gasteiger partial charge >= 0.3 is 0 Å². The van der Waals surface area contributed by atoms with Crippen molar-refractivity contribution in [3.63, 3.8) is 0 Å². The van der Waals surface area contributed by atoms with Crippen LogP contribution in [0.15, 0.2) is 24.3 Å². The Hall–Kier alpha value is -1.55. The fraction of sp³-hybridized carbons (Fsp3) is 0.533. The molecule has 1 aromatic rings. The molecular weight excluding hydrogens is 240 g/mol. The minimum absolute atomic E-state index is 0.0546. The molecule has 4 heteroatoms. The normalized spacial score (nSPS) is 17.1. The summed E-state index contributed by atoms with van der Waals surface area (Å²) in [6.07, 6.45) is 0.859. The summed E-state index contributed by atoms with van der Waals surface area (Å²) in [6.45, 7) is 7.39. The summed E-state index contributed by atoms with van der Waals surface area (Å²) >= 11 is 0. The van der Waals surface area contributed by atoms with Gasteiger partial charge in [-0.05, 0) is 30.7 Å². The Morgan fingerprint density at radius 3 is 2.53 bits per heavy atom. The van der Waals surface area contributed by atoms with Gasteiger partial charge in [-0.3, -0.25) is 4.79 Å². The Morgan fingerprint density at radius 1 is 1.32 bits per heavy atom. The Kier molecular flexibility index (Phi) is 4.80. The van der Waals surface area contributed by atoms with E-state index in [1.54, 1.807) is 0 Å². The van der Waals surface area contributed by atoms with Gasteiger partial charge in [-0.25, -0.2) is 0 Å². The van der Waals surface area contributed by atoms with Crippen molar-refractivity contribution in [3.8, 4) is 0 Å². The van der Waals surface area contributed by atoms with Crippen molar-refractivity contribution in [3.05, 3.63) is 24.3 Å².